The number of hydrogen-bond donors (Lipinski definition) is 3. The molecular formula is C12H18FN3O2. The SMILES string of the molecule is CCN(CCCO)c1cccc(F)c1/C(N)=N/O. The lowest BCUT2D eigenvalue weighted by atomic mass is 10.1. The van der Waals surface area contributed by atoms with Gasteiger partial charge in [0.1, 0.15) is 5.82 Å². The highest BCUT2D eigenvalue weighted by molar-refractivity contribution is 6.02. The molecule has 0 amide bonds. The van der Waals surface area contributed by atoms with Crippen molar-refractivity contribution in [2.75, 3.05) is 24.6 Å². The second-order valence-corrected chi connectivity index (χ2v) is 3.78. The van der Waals surface area contributed by atoms with Crippen LogP contribution in [0.1, 0.15) is 18.9 Å². The van der Waals surface area contributed by atoms with E-state index in [2.05, 4.69) is 5.16 Å². The quantitative estimate of drug-likeness (QED) is 0.308. The van der Waals surface area contributed by atoms with E-state index in [0.717, 1.165) is 0 Å². The summed E-state index contributed by atoms with van der Waals surface area (Å²) in [6.45, 7) is 3.18. The Labute approximate surface area is 105 Å². The average molecular weight is 255 g/mol. The highest BCUT2D eigenvalue weighted by Gasteiger charge is 2.16. The Bertz CT molecular complexity index is 424. The first kappa shape index (κ1) is 14.2. The molecule has 0 aliphatic heterocycles. The van der Waals surface area contributed by atoms with E-state index in [1.54, 1.807) is 12.1 Å². The number of rotatable bonds is 6. The van der Waals surface area contributed by atoms with Gasteiger partial charge in [0, 0.05) is 19.7 Å². The zero-order valence-corrected chi connectivity index (χ0v) is 10.3. The van der Waals surface area contributed by atoms with Crippen molar-refractivity contribution in [2.24, 2.45) is 10.9 Å². The molecule has 0 bridgehead atoms. The molecule has 1 rings (SSSR count). The largest absolute Gasteiger partial charge is 0.409 e. The normalized spacial score (nSPS) is 11.6. The fraction of sp³-hybridized carbons (Fsp3) is 0.417. The van der Waals surface area contributed by atoms with E-state index in [1.807, 2.05) is 11.8 Å². The van der Waals surface area contributed by atoms with Gasteiger partial charge in [-0.05, 0) is 25.5 Å². The predicted octanol–water partition coefficient (Wildman–Crippen LogP) is 1.13. The fourth-order valence-corrected chi connectivity index (χ4v) is 1.79. The Morgan fingerprint density at radius 3 is 2.78 bits per heavy atom. The summed E-state index contributed by atoms with van der Waals surface area (Å²) in [6.07, 6.45) is 0.569. The highest BCUT2D eigenvalue weighted by Crippen LogP contribution is 2.23. The first-order chi connectivity index (χ1) is 8.65. The van der Waals surface area contributed by atoms with Gasteiger partial charge in [-0.3, -0.25) is 0 Å². The topological polar surface area (TPSA) is 82.1 Å². The summed E-state index contributed by atoms with van der Waals surface area (Å²) in [5.74, 6) is -0.796. The molecule has 0 aromatic heterocycles. The molecule has 0 aliphatic carbocycles. The number of aliphatic hydroxyl groups excluding tert-OH is 1. The Kier molecular flexibility index (Phi) is 5.38. The van der Waals surface area contributed by atoms with Crippen LogP contribution in [0.3, 0.4) is 0 Å². The van der Waals surface area contributed by atoms with Gasteiger partial charge in [-0.2, -0.15) is 0 Å². The zero-order valence-electron chi connectivity index (χ0n) is 10.3. The van der Waals surface area contributed by atoms with Crippen LogP contribution < -0.4 is 10.6 Å². The van der Waals surface area contributed by atoms with Crippen LogP contribution in [0.15, 0.2) is 23.4 Å². The summed E-state index contributed by atoms with van der Waals surface area (Å²) in [7, 11) is 0. The molecule has 0 saturated carbocycles. The molecule has 0 radical (unpaired) electrons. The summed E-state index contributed by atoms with van der Waals surface area (Å²) >= 11 is 0. The summed E-state index contributed by atoms with van der Waals surface area (Å²) in [6, 6.07) is 4.54. The van der Waals surface area contributed by atoms with Gasteiger partial charge in [0.25, 0.3) is 0 Å². The lowest BCUT2D eigenvalue weighted by Crippen LogP contribution is -2.28. The number of benzene rings is 1. The molecule has 1 aromatic rings. The third kappa shape index (κ3) is 3.10. The highest BCUT2D eigenvalue weighted by atomic mass is 19.1. The van der Waals surface area contributed by atoms with Crippen molar-refractivity contribution in [3.05, 3.63) is 29.6 Å². The van der Waals surface area contributed by atoms with Crippen LogP contribution in [0, 0.1) is 5.82 Å². The smallest absolute Gasteiger partial charge is 0.175 e. The van der Waals surface area contributed by atoms with Gasteiger partial charge in [-0.15, -0.1) is 0 Å². The molecule has 18 heavy (non-hydrogen) atoms. The van der Waals surface area contributed by atoms with Crippen molar-refractivity contribution < 1.29 is 14.7 Å². The van der Waals surface area contributed by atoms with Crippen LogP contribution in [-0.2, 0) is 0 Å². The maximum Gasteiger partial charge on any atom is 0.175 e. The van der Waals surface area contributed by atoms with Gasteiger partial charge < -0.3 is 20.9 Å². The molecule has 4 N–H and O–H groups in total. The van der Waals surface area contributed by atoms with E-state index in [-0.39, 0.29) is 18.0 Å². The van der Waals surface area contributed by atoms with Crippen molar-refractivity contribution >= 4 is 11.5 Å². The van der Waals surface area contributed by atoms with E-state index < -0.39 is 5.82 Å². The van der Waals surface area contributed by atoms with Gasteiger partial charge in [0.15, 0.2) is 5.84 Å². The molecule has 1 aromatic carbocycles. The second kappa shape index (κ2) is 6.80. The van der Waals surface area contributed by atoms with Gasteiger partial charge >= 0.3 is 0 Å². The van der Waals surface area contributed by atoms with Crippen LogP contribution in [0.2, 0.25) is 0 Å². The Hall–Kier alpha value is -1.82. The Morgan fingerprint density at radius 2 is 2.22 bits per heavy atom. The van der Waals surface area contributed by atoms with Crippen LogP contribution in [-0.4, -0.2) is 35.8 Å². The molecule has 0 heterocycles. The van der Waals surface area contributed by atoms with Crippen LogP contribution in [0.4, 0.5) is 10.1 Å². The van der Waals surface area contributed by atoms with Crippen LogP contribution in [0.5, 0.6) is 0 Å². The molecule has 6 heteroatoms. The third-order valence-electron chi connectivity index (χ3n) is 2.66. The summed E-state index contributed by atoms with van der Waals surface area (Å²) in [5.41, 5.74) is 6.14. The molecule has 0 spiro atoms. The Balaban J connectivity index is 3.17. The maximum absolute atomic E-state index is 13.8. The average Bonchev–Trinajstić information content (AvgIpc) is 2.39. The van der Waals surface area contributed by atoms with E-state index >= 15 is 0 Å². The molecule has 5 nitrogen and oxygen atoms in total. The number of oxime groups is 1. The molecular weight excluding hydrogens is 237 g/mol. The summed E-state index contributed by atoms with van der Waals surface area (Å²) < 4.78 is 13.8. The number of amidine groups is 1. The number of aliphatic hydroxyl groups is 1. The number of nitrogens with two attached hydrogens (primary N) is 1. The van der Waals surface area contributed by atoms with E-state index in [4.69, 9.17) is 16.0 Å². The maximum atomic E-state index is 13.8. The predicted molar refractivity (Wildman–Crippen MR) is 68.5 cm³/mol. The summed E-state index contributed by atoms with van der Waals surface area (Å²) in [4.78, 5) is 1.87. The van der Waals surface area contributed by atoms with Gasteiger partial charge in [-0.25, -0.2) is 4.39 Å². The second-order valence-electron chi connectivity index (χ2n) is 3.78. The number of halogens is 1. The fourth-order valence-electron chi connectivity index (χ4n) is 1.79. The van der Waals surface area contributed by atoms with Crippen molar-refractivity contribution in [1.29, 1.82) is 0 Å². The Morgan fingerprint density at radius 1 is 1.50 bits per heavy atom. The van der Waals surface area contributed by atoms with Crippen molar-refractivity contribution in [3.8, 4) is 0 Å². The third-order valence-corrected chi connectivity index (χ3v) is 2.66. The van der Waals surface area contributed by atoms with Crippen molar-refractivity contribution in [2.45, 2.75) is 13.3 Å². The molecule has 100 valence electrons. The lowest BCUT2D eigenvalue weighted by molar-refractivity contribution is 0.289. The van der Waals surface area contributed by atoms with Crippen LogP contribution in [0.25, 0.3) is 0 Å². The minimum Gasteiger partial charge on any atom is -0.409 e. The number of nitrogens with zero attached hydrogens (tertiary/aromatic N) is 2. The molecule has 0 unspecified atom stereocenters. The first-order valence-electron chi connectivity index (χ1n) is 5.77. The minimum atomic E-state index is -0.537. The standard InChI is InChI=1S/C12H18FN3O2/c1-2-16(7-4-8-17)10-6-3-5-9(13)11(10)12(14)15-18/h3,5-6,17-18H,2,4,7-8H2,1H3,(H2,14,15). The first-order valence-corrected chi connectivity index (χ1v) is 5.77. The monoisotopic (exact) mass is 255 g/mol. The van der Waals surface area contributed by atoms with Crippen molar-refractivity contribution in [1.82, 2.24) is 0 Å². The van der Waals surface area contributed by atoms with E-state index in [0.29, 0.717) is 25.2 Å². The van der Waals surface area contributed by atoms with Crippen molar-refractivity contribution in [3.63, 3.8) is 0 Å². The lowest BCUT2D eigenvalue weighted by Gasteiger charge is -2.25. The van der Waals surface area contributed by atoms with E-state index in [9.17, 15) is 4.39 Å². The molecule has 0 fully saturated rings. The number of anilines is 1. The molecule has 0 aliphatic rings. The molecule has 0 atom stereocenters. The number of hydrogen-bond acceptors (Lipinski definition) is 4. The van der Waals surface area contributed by atoms with E-state index in [1.165, 1.54) is 6.07 Å². The minimum absolute atomic E-state index is 0.0602. The zero-order chi connectivity index (χ0) is 13.5. The molecule has 0 saturated heterocycles. The summed E-state index contributed by atoms with van der Waals surface area (Å²) in [5, 5.41) is 20.4. The van der Waals surface area contributed by atoms with Gasteiger partial charge in [0.05, 0.1) is 11.3 Å². The van der Waals surface area contributed by atoms with Gasteiger partial charge in [0.2, 0.25) is 0 Å². The van der Waals surface area contributed by atoms with Gasteiger partial charge in [-0.1, -0.05) is 11.2 Å². The van der Waals surface area contributed by atoms with Crippen LogP contribution >= 0.6 is 0 Å².